The maximum atomic E-state index is 12.3. The Labute approximate surface area is 168 Å². The summed E-state index contributed by atoms with van der Waals surface area (Å²) in [4.78, 5) is 39.4. The van der Waals surface area contributed by atoms with Gasteiger partial charge in [-0.1, -0.05) is 17.7 Å². The highest BCUT2D eigenvalue weighted by molar-refractivity contribution is 6.33. The highest BCUT2D eigenvalue weighted by Crippen LogP contribution is 2.23. The van der Waals surface area contributed by atoms with Gasteiger partial charge in [-0.25, -0.2) is 9.59 Å². The number of ether oxygens (including phenoxy) is 2. The van der Waals surface area contributed by atoms with Gasteiger partial charge in [0.15, 0.2) is 6.61 Å². The molecule has 0 atom stereocenters. The predicted molar refractivity (Wildman–Crippen MR) is 106 cm³/mol. The summed E-state index contributed by atoms with van der Waals surface area (Å²) < 4.78 is 10.2. The van der Waals surface area contributed by atoms with Gasteiger partial charge < -0.3 is 19.8 Å². The summed E-state index contributed by atoms with van der Waals surface area (Å²) in [5.41, 5.74) is 2.68. The predicted octanol–water partition coefficient (Wildman–Crippen LogP) is 3.95. The van der Waals surface area contributed by atoms with E-state index in [0.717, 1.165) is 5.56 Å². The van der Waals surface area contributed by atoms with Crippen molar-refractivity contribution in [2.45, 2.75) is 40.7 Å². The zero-order valence-corrected chi connectivity index (χ0v) is 17.2. The number of nitrogens with one attached hydrogen (secondary N) is 2. The molecule has 150 valence electrons. The van der Waals surface area contributed by atoms with Gasteiger partial charge in [0, 0.05) is 5.69 Å². The number of anilines is 1. The third kappa shape index (κ3) is 5.13. The number of aromatic nitrogens is 1. The molecule has 0 aliphatic heterocycles. The molecule has 0 unspecified atom stereocenters. The number of aryl methyl sites for hydroxylation is 2. The van der Waals surface area contributed by atoms with Gasteiger partial charge in [-0.3, -0.25) is 4.79 Å². The monoisotopic (exact) mass is 406 g/mol. The number of esters is 2. The summed E-state index contributed by atoms with van der Waals surface area (Å²) in [6, 6.07) is 5.19. The Morgan fingerprint density at radius 2 is 1.82 bits per heavy atom. The molecule has 2 rings (SSSR count). The van der Waals surface area contributed by atoms with Crippen LogP contribution in [0, 0.1) is 20.8 Å². The number of carbonyl (C=O) groups excluding carboxylic acids is 3. The third-order valence-corrected chi connectivity index (χ3v) is 4.23. The van der Waals surface area contributed by atoms with Crippen LogP contribution < -0.4 is 5.32 Å². The number of hydrogen-bond acceptors (Lipinski definition) is 5. The van der Waals surface area contributed by atoms with E-state index in [4.69, 9.17) is 21.1 Å². The van der Waals surface area contributed by atoms with E-state index in [1.165, 1.54) is 0 Å². The van der Waals surface area contributed by atoms with Crippen molar-refractivity contribution in [2.24, 2.45) is 0 Å². The van der Waals surface area contributed by atoms with Gasteiger partial charge in [0.25, 0.3) is 5.91 Å². The molecule has 0 aliphatic rings. The Bertz CT molecular complexity index is 918. The Hall–Kier alpha value is -2.80. The molecule has 2 aromatic rings. The van der Waals surface area contributed by atoms with Crippen LogP contribution in [0.4, 0.5) is 5.69 Å². The maximum absolute atomic E-state index is 12.3. The summed E-state index contributed by atoms with van der Waals surface area (Å²) in [5.74, 6) is -1.79. The molecule has 0 radical (unpaired) electrons. The molecule has 2 N–H and O–H groups in total. The SMILES string of the molecule is Cc1ccc(NC(=O)COC(=O)c2[nH]c(C)c(C(=O)OC(C)C)c2C)c(Cl)c1. The molecular formula is C20H23ClN2O5. The van der Waals surface area contributed by atoms with Gasteiger partial charge in [-0.05, 0) is 57.9 Å². The molecule has 0 fully saturated rings. The zero-order valence-electron chi connectivity index (χ0n) is 16.4. The lowest BCUT2D eigenvalue weighted by Gasteiger charge is -2.09. The molecule has 7 nitrogen and oxygen atoms in total. The number of rotatable bonds is 6. The maximum Gasteiger partial charge on any atom is 0.355 e. The van der Waals surface area contributed by atoms with Crippen molar-refractivity contribution in [3.63, 3.8) is 0 Å². The van der Waals surface area contributed by atoms with Crippen molar-refractivity contribution in [1.82, 2.24) is 4.98 Å². The molecular weight excluding hydrogens is 384 g/mol. The molecule has 0 saturated carbocycles. The van der Waals surface area contributed by atoms with Crippen LogP contribution in [0.1, 0.15) is 51.5 Å². The molecule has 8 heteroatoms. The number of hydrogen-bond donors (Lipinski definition) is 2. The molecule has 28 heavy (non-hydrogen) atoms. The van der Waals surface area contributed by atoms with Crippen molar-refractivity contribution < 1.29 is 23.9 Å². The summed E-state index contributed by atoms with van der Waals surface area (Å²) >= 11 is 6.07. The van der Waals surface area contributed by atoms with E-state index in [-0.39, 0.29) is 17.4 Å². The quantitative estimate of drug-likeness (QED) is 0.708. The van der Waals surface area contributed by atoms with Crippen LogP contribution in [0.15, 0.2) is 18.2 Å². The molecule has 0 bridgehead atoms. The molecule has 0 spiro atoms. The van der Waals surface area contributed by atoms with Crippen molar-refractivity contribution in [3.8, 4) is 0 Å². The number of halogens is 1. The second kappa shape index (κ2) is 8.93. The van der Waals surface area contributed by atoms with Gasteiger partial charge in [0.05, 0.1) is 22.4 Å². The Morgan fingerprint density at radius 1 is 1.14 bits per heavy atom. The Kier molecular flexibility index (Phi) is 6.85. The van der Waals surface area contributed by atoms with Crippen molar-refractivity contribution in [2.75, 3.05) is 11.9 Å². The van der Waals surface area contributed by atoms with Gasteiger partial charge in [-0.2, -0.15) is 0 Å². The van der Waals surface area contributed by atoms with E-state index >= 15 is 0 Å². The summed E-state index contributed by atoms with van der Waals surface area (Å²) in [6.45, 7) is 8.14. The number of H-pyrrole nitrogens is 1. The fraction of sp³-hybridized carbons (Fsp3) is 0.350. The Balaban J connectivity index is 2.03. The zero-order chi connectivity index (χ0) is 21.0. The minimum atomic E-state index is -0.741. The number of amides is 1. The van der Waals surface area contributed by atoms with Crippen LogP contribution in [0.3, 0.4) is 0 Å². The molecule has 0 aliphatic carbocycles. The largest absolute Gasteiger partial charge is 0.459 e. The van der Waals surface area contributed by atoms with Crippen LogP contribution in [-0.2, 0) is 14.3 Å². The molecule has 1 aromatic heterocycles. The summed E-state index contributed by atoms with van der Waals surface area (Å²) in [7, 11) is 0. The average molecular weight is 407 g/mol. The van der Waals surface area contributed by atoms with Gasteiger partial charge in [0.2, 0.25) is 0 Å². The van der Waals surface area contributed by atoms with E-state index < -0.39 is 24.5 Å². The van der Waals surface area contributed by atoms with Crippen LogP contribution in [0.2, 0.25) is 5.02 Å². The topological polar surface area (TPSA) is 97.5 Å². The first-order valence-electron chi connectivity index (χ1n) is 8.73. The van der Waals surface area contributed by atoms with Crippen LogP contribution in [-0.4, -0.2) is 35.5 Å². The van der Waals surface area contributed by atoms with Crippen LogP contribution >= 0.6 is 11.6 Å². The lowest BCUT2D eigenvalue weighted by molar-refractivity contribution is -0.119. The standard InChI is InChI=1S/C20H23ClN2O5/c1-10(2)28-19(25)17-12(4)18(22-13(17)5)20(26)27-9-16(24)23-15-7-6-11(3)8-14(15)21/h6-8,10,22H,9H2,1-5H3,(H,23,24). The minimum absolute atomic E-state index is 0.106. The lowest BCUT2D eigenvalue weighted by atomic mass is 10.1. The molecule has 0 saturated heterocycles. The first-order valence-corrected chi connectivity index (χ1v) is 9.11. The summed E-state index contributed by atoms with van der Waals surface area (Å²) in [6.07, 6.45) is -0.283. The van der Waals surface area contributed by atoms with E-state index in [9.17, 15) is 14.4 Å². The smallest absolute Gasteiger partial charge is 0.355 e. The molecule has 1 heterocycles. The highest BCUT2D eigenvalue weighted by atomic mass is 35.5. The fourth-order valence-corrected chi connectivity index (χ4v) is 2.93. The number of aromatic amines is 1. The van der Waals surface area contributed by atoms with E-state index in [0.29, 0.717) is 22.0 Å². The van der Waals surface area contributed by atoms with Gasteiger partial charge in [-0.15, -0.1) is 0 Å². The van der Waals surface area contributed by atoms with Crippen molar-refractivity contribution in [3.05, 3.63) is 51.3 Å². The number of benzene rings is 1. The lowest BCUT2D eigenvalue weighted by Crippen LogP contribution is -2.21. The fourth-order valence-electron chi connectivity index (χ4n) is 2.64. The van der Waals surface area contributed by atoms with Crippen molar-refractivity contribution >= 4 is 35.1 Å². The molecule has 1 amide bonds. The number of carbonyl (C=O) groups is 3. The van der Waals surface area contributed by atoms with Gasteiger partial charge >= 0.3 is 11.9 Å². The molecule has 1 aromatic carbocycles. The first kappa shape index (κ1) is 21.5. The van der Waals surface area contributed by atoms with Crippen LogP contribution in [0.25, 0.3) is 0 Å². The van der Waals surface area contributed by atoms with Gasteiger partial charge in [0.1, 0.15) is 5.69 Å². The van der Waals surface area contributed by atoms with E-state index in [1.807, 2.05) is 6.92 Å². The average Bonchev–Trinajstić information content (AvgIpc) is 2.89. The Morgan fingerprint density at radius 3 is 2.43 bits per heavy atom. The van der Waals surface area contributed by atoms with Crippen LogP contribution in [0.5, 0.6) is 0 Å². The normalized spacial score (nSPS) is 10.7. The third-order valence-electron chi connectivity index (χ3n) is 3.92. The van der Waals surface area contributed by atoms with Crippen molar-refractivity contribution in [1.29, 1.82) is 0 Å². The van der Waals surface area contributed by atoms with E-state index in [1.54, 1.807) is 45.9 Å². The minimum Gasteiger partial charge on any atom is -0.459 e. The summed E-state index contributed by atoms with van der Waals surface area (Å²) in [5, 5.41) is 2.98. The van der Waals surface area contributed by atoms with E-state index in [2.05, 4.69) is 10.3 Å². The second-order valence-electron chi connectivity index (χ2n) is 6.69. The first-order chi connectivity index (χ1) is 13.1. The second-order valence-corrected chi connectivity index (χ2v) is 7.09. The highest BCUT2D eigenvalue weighted by Gasteiger charge is 2.25.